The Morgan fingerprint density at radius 2 is 1.86 bits per heavy atom. The Labute approximate surface area is 127 Å². The molecule has 21 heavy (non-hydrogen) atoms. The van der Waals surface area contributed by atoms with Gasteiger partial charge in [0, 0.05) is 26.6 Å². The van der Waals surface area contributed by atoms with Crippen LogP contribution in [-0.4, -0.2) is 47.1 Å². The molecule has 0 aromatic rings. The lowest BCUT2D eigenvalue weighted by Gasteiger charge is -2.32. The molecular weight excluding hydrogens is 268 g/mol. The summed E-state index contributed by atoms with van der Waals surface area (Å²) in [4.78, 5) is 25.4. The second-order valence-corrected chi connectivity index (χ2v) is 6.66. The Morgan fingerprint density at radius 3 is 2.48 bits per heavy atom. The molecule has 1 unspecified atom stereocenters. The second kappa shape index (κ2) is 7.25. The van der Waals surface area contributed by atoms with Crippen LogP contribution in [-0.2, 0) is 9.59 Å². The summed E-state index contributed by atoms with van der Waals surface area (Å²) in [6.45, 7) is 3.17. The van der Waals surface area contributed by atoms with Crippen molar-refractivity contribution in [3.63, 3.8) is 0 Å². The van der Waals surface area contributed by atoms with Crippen LogP contribution in [0.15, 0.2) is 0 Å². The summed E-state index contributed by atoms with van der Waals surface area (Å²) in [5.41, 5.74) is -0.735. The molecule has 2 fully saturated rings. The lowest BCUT2D eigenvalue weighted by Crippen LogP contribution is -2.48. The van der Waals surface area contributed by atoms with E-state index in [1.54, 1.807) is 11.8 Å². The molecule has 5 heteroatoms. The number of amides is 2. The molecule has 2 amide bonds. The van der Waals surface area contributed by atoms with Crippen molar-refractivity contribution >= 4 is 11.8 Å². The second-order valence-electron chi connectivity index (χ2n) is 6.66. The normalized spacial score (nSPS) is 26.0. The van der Waals surface area contributed by atoms with E-state index in [1.807, 2.05) is 0 Å². The molecular formula is C16H28N2O3. The van der Waals surface area contributed by atoms with Crippen molar-refractivity contribution in [1.82, 2.24) is 10.2 Å². The highest BCUT2D eigenvalue weighted by Gasteiger charge is 2.31. The van der Waals surface area contributed by atoms with E-state index in [0.717, 1.165) is 45.1 Å². The third kappa shape index (κ3) is 4.70. The molecule has 0 bridgehead atoms. The average molecular weight is 296 g/mol. The van der Waals surface area contributed by atoms with Crippen LogP contribution < -0.4 is 5.32 Å². The maximum absolute atomic E-state index is 12.3. The third-order valence-corrected chi connectivity index (χ3v) is 4.86. The van der Waals surface area contributed by atoms with E-state index in [1.165, 1.54) is 12.8 Å². The van der Waals surface area contributed by atoms with Gasteiger partial charge in [-0.2, -0.15) is 0 Å². The van der Waals surface area contributed by atoms with Gasteiger partial charge in [0.2, 0.25) is 11.8 Å². The molecule has 0 spiro atoms. The summed E-state index contributed by atoms with van der Waals surface area (Å²) >= 11 is 0. The van der Waals surface area contributed by atoms with Crippen LogP contribution in [0.2, 0.25) is 0 Å². The Hall–Kier alpha value is -1.10. The number of carbonyl (C=O) groups is 2. The predicted molar refractivity (Wildman–Crippen MR) is 80.6 cm³/mol. The summed E-state index contributed by atoms with van der Waals surface area (Å²) in [7, 11) is 0. The van der Waals surface area contributed by atoms with Gasteiger partial charge >= 0.3 is 0 Å². The minimum atomic E-state index is -0.735. The molecule has 0 aromatic carbocycles. The maximum Gasteiger partial charge on any atom is 0.225 e. The number of rotatable bonds is 3. The largest absolute Gasteiger partial charge is 0.388 e. The number of piperidine rings is 1. The standard InChI is InChI=1S/C16H28N2O3/c1-13(19)18-10-6-7-14(11-18)15(20)17-12-16(21)8-4-2-3-5-9-16/h14,21H,2-12H2,1H3,(H,17,20). The SMILES string of the molecule is CC(=O)N1CCCC(C(=O)NCC2(O)CCCCCC2)C1. The lowest BCUT2D eigenvalue weighted by molar-refractivity contribution is -0.134. The number of likely N-dealkylation sites (tertiary alicyclic amines) is 1. The zero-order valence-electron chi connectivity index (χ0n) is 13.1. The first-order valence-electron chi connectivity index (χ1n) is 8.26. The molecule has 1 saturated carbocycles. The number of aliphatic hydroxyl groups is 1. The fraction of sp³-hybridized carbons (Fsp3) is 0.875. The van der Waals surface area contributed by atoms with Crippen molar-refractivity contribution < 1.29 is 14.7 Å². The molecule has 2 rings (SSSR count). The summed E-state index contributed by atoms with van der Waals surface area (Å²) in [6.07, 6.45) is 7.67. The summed E-state index contributed by atoms with van der Waals surface area (Å²) in [5.74, 6) is -0.106. The highest BCUT2D eigenvalue weighted by molar-refractivity contribution is 5.80. The first-order valence-corrected chi connectivity index (χ1v) is 8.26. The molecule has 0 aromatic heterocycles. The molecule has 1 heterocycles. The molecule has 1 saturated heterocycles. The number of nitrogens with zero attached hydrogens (tertiary/aromatic N) is 1. The monoisotopic (exact) mass is 296 g/mol. The third-order valence-electron chi connectivity index (χ3n) is 4.86. The first-order chi connectivity index (χ1) is 10.0. The molecule has 120 valence electrons. The van der Waals surface area contributed by atoms with Crippen LogP contribution in [0, 0.1) is 5.92 Å². The van der Waals surface area contributed by atoms with Crippen molar-refractivity contribution in [3.05, 3.63) is 0 Å². The Kier molecular flexibility index (Phi) is 5.62. The Balaban J connectivity index is 1.82. The van der Waals surface area contributed by atoms with Crippen LogP contribution in [0.3, 0.4) is 0 Å². The van der Waals surface area contributed by atoms with Crippen LogP contribution in [0.5, 0.6) is 0 Å². The molecule has 0 radical (unpaired) electrons. The molecule has 2 N–H and O–H groups in total. The van der Waals surface area contributed by atoms with Gasteiger partial charge in [0.25, 0.3) is 0 Å². The van der Waals surface area contributed by atoms with Gasteiger partial charge in [0.05, 0.1) is 11.5 Å². The van der Waals surface area contributed by atoms with Gasteiger partial charge in [0.15, 0.2) is 0 Å². The van der Waals surface area contributed by atoms with E-state index in [9.17, 15) is 14.7 Å². The maximum atomic E-state index is 12.3. The summed E-state index contributed by atoms with van der Waals surface area (Å²) in [6, 6.07) is 0. The van der Waals surface area contributed by atoms with Crippen molar-refractivity contribution in [2.24, 2.45) is 5.92 Å². The molecule has 5 nitrogen and oxygen atoms in total. The van der Waals surface area contributed by atoms with E-state index in [2.05, 4.69) is 5.32 Å². The van der Waals surface area contributed by atoms with Gasteiger partial charge in [0.1, 0.15) is 0 Å². The number of nitrogens with one attached hydrogen (secondary N) is 1. The van der Waals surface area contributed by atoms with Crippen molar-refractivity contribution in [2.45, 2.75) is 63.9 Å². The van der Waals surface area contributed by atoms with Crippen molar-refractivity contribution in [3.8, 4) is 0 Å². The van der Waals surface area contributed by atoms with Crippen molar-refractivity contribution in [1.29, 1.82) is 0 Å². The van der Waals surface area contributed by atoms with E-state index in [0.29, 0.717) is 13.1 Å². The van der Waals surface area contributed by atoms with E-state index in [-0.39, 0.29) is 17.7 Å². The zero-order chi connectivity index (χ0) is 15.3. The van der Waals surface area contributed by atoms with Gasteiger partial charge in [-0.25, -0.2) is 0 Å². The Morgan fingerprint density at radius 1 is 1.19 bits per heavy atom. The first kappa shape index (κ1) is 16.3. The fourth-order valence-corrected chi connectivity index (χ4v) is 3.44. The summed E-state index contributed by atoms with van der Waals surface area (Å²) < 4.78 is 0. The molecule has 1 aliphatic carbocycles. The molecule has 2 aliphatic rings. The van der Waals surface area contributed by atoms with Crippen LogP contribution in [0.1, 0.15) is 58.3 Å². The van der Waals surface area contributed by atoms with Gasteiger partial charge < -0.3 is 15.3 Å². The predicted octanol–water partition coefficient (Wildman–Crippen LogP) is 1.45. The minimum Gasteiger partial charge on any atom is -0.388 e. The Bertz CT molecular complexity index is 376. The fourth-order valence-electron chi connectivity index (χ4n) is 3.44. The highest BCUT2D eigenvalue weighted by atomic mass is 16.3. The van der Waals surface area contributed by atoms with Crippen LogP contribution in [0.25, 0.3) is 0 Å². The molecule has 1 atom stereocenters. The minimum absolute atomic E-state index is 0.0152. The topological polar surface area (TPSA) is 69.6 Å². The highest BCUT2D eigenvalue weighted by Crippen LogP contribution is 2.26. The van der Waals surface area contributed by atoms with E-state index in [4.69, 9.17) is 0 Å². The number of hydrogen-bond acceptors (Lipinski definition) is 3. The zero-order valence-corrected chi connectivity index (χ0v) is 13.1. The summed E-state index contributed by atoms with van der Waals surface area (Å²) in [5, 5.41) is 13.5. The quantitative estimate of drug-likeness (QED) is 0.774. The average Bonchev–Trinajstić information content (AvgIpc) is 2.70. The smallest absolute Gasteiger partial charge is 0.225 e. The van der Waals surface area contributed by atoms with Gasteiger partial charge in [-0.3, -0.25) is 9.59 Å². The van der Waals surface area contributed by atoms with Gasteiger partial charge in [-0.15, -0.1) is 0 Å². The van der Waals surface area contributed by atoms with Gasteiger partial charge in [-0.05, 0) is 25.7 Å². The number of hydrogen-bond donors (Lipinski definition) is 2. The molecule has 1 aliphatic heterocycles. The number of carbonyl (C=O) groups excluding carboxylic acids is 2. The lowest BCUT2D eigenvalue weighted by atomic mass is 9.93. The van der Waals surface area contributed by atoms with Crippen LogP contribution >= 0.6 is 0 Å². The van der Waals surface area contributed by atoms with E-state index >= 15 is 0 Å². The van der Waals surface area contributed by atoms with E-state index < -0.39 is 5.60 Å². The van der Waals surface area contributed by atoms with Gasteiger partial charge in [-0.1, -0.05) is 25.7 Å². The van der Waals surface area contributed by atoms with Crippen molar-refractivity contribution in [2.75, 3.05) is 19.6 Å². The van der Waals surface area contributed by atoms with Crippen LogP contribution in [0.4, 0.5) is 0 Å².